The topological polar surface area (TPSA) is 120 Å². The Kier molecular flexibility index (Phi) is 9.56. The summed E-state index contributed by atoms with van der Waals surface area (Å²) in [7, 11) is 0. The molecule has 2 aliphatic rings. The van der Waals surface area contributed by atoms with E-state index in [1.807, 2.05) is 36.9 Å². The monoisotopic (exact) mass is 473 g/mol. The molecule has 1 aliphatic carbocycles. The van der Waals surface area contributed by atoms with Gasteiger partial charge in [0.2, 0.25) is 11.8 Å². The van der Waals surface area contributed by atoms with E-state index in [-0.39, 0.29) is 37.0 Å². The lowest BCUT2D eigenvalue weighted by atomic mass is 9.94. The molecule has 188 valence electrons. The molecule has 0 saturated heterocycles. The standard InChI is InChI=1S/C25H39N5O4/c1-18(2)27-23(32)17-29-16-19-15-21(10-11-22(19)28-25(29)26)34-14-6-9-24(33)30(12-13-31)20-7-4-3-5-8-20/h10-11,15,18,20,31H,3-9,12-14,16-17H2,1-2H3,(H2,26,28)(H,27,32). The zero-order valence-corrected chi connectivity index (χ0v) is 20.5. The van der Waals surface area contributed by atoms with Crippen LogP contribution >= 0.6 is 0 Å². The molecule has 0 atom stereocenters. The Morgan fingerprint density at radius 2 is 2.06 bits per heavy atom. The van der Waals surface area contributed by atoms with Crippen molar-refractivity contribution >= 4 is 23.5 Å². The highest BCUT2D eigenvalue weighted by atomic mass is 16.5. The number of fused-ring (bicyclic) bond motifs is 1. The van der Waals surface area contributed by atoms with Gasteiger partial charge in [-0.15, -0.1) is 0 Å². The molecule has 9 heteroatoms. The summed E-state index contributed by atoms with van der Waals surface area (Å²) >= 11 is 0. The van der Waals surface area contributed by atoms with Gasteiger partial charge < -0.3 is 30.7 Å². The maximum absolute atomic E-state index is 12.8. The van der Waals surface area contributed by atoms with E-state index >= 15 is 0 Å². The predicted molar refractivity (Wildman–Crippen MR) is 132 cm³/mol. The lowest BCUT2D eigenvalue weighted by molar-refractivity contribution is -0.135. The van der Waals surface area contributed by atoms with E-state index in [1.54, 1.807) is 4.90 Å². The Morgan fingerprint density at radius 1 is 1.29 bits per heavy atom. The number of carbonyl (C=O) groups excluding carboxylic acids is 2. The number of nitrogens with zero attached hydrogens (tertiary/aromatic N) is 3. The van der Waals surface area contributed by atoms with Crippen molar-refractivity contribution in [3.63, 3.8) is 0 Å². The number of ether oxygens (including phenoxy) is 1. The molecule has 0 bridgehead atoms. The van der Waals surface area contributed by atoms with E-state index in [9.17, 15) is 14.7 Å². The smallest absolute Gasteiger partial charge is 0.239 e. The molecule has 4 N–H and O–H groups in total. The first-order valence-electron chi connectivity index (χ1n) is 12.4. The summed E-state index contributed by atoms with van der Waals surface area (Å²) in [6.07, 6.45) is 6.60. The molecule has 0 unspecified atom stereocenters. The quantitative estimate of drug-likeness (QED) is 0.424. The summed E-state index contributed by atoms with van der Waals surface area (Å²) in [5.74, 6) is 1.02. The number of aliphatic imine (C=N–C) groups is 1. The van der Waals surface area contributed by atoms with Crippen LogP contribution in [0.2, 0.25) is 0 Å². The van der Waals surface area contributed by atoms with Crippen molar-refractivity contribution in [2.24, 2.45) is 10.7 Å². The Morgan fingerprint density at radius 3 is 2.76 bits per heavy atom. The Labute approximate surface area is 202 Å². The number of nitrogens with two attached hydrogens (primary N) is 1. The maximum Gasteiger partial charge on any atom is 0.239 e. The minimum atomic E-state index is -0.0999. The number of guanidine groups is 1. The molecule has 1 saturated carbocycles. The van der Waals surface area contributed by atoms with Gasteiger partial charge >= 0.3 is 0 Å². The maximum atomic E-state index is 12.8. The summed E-state index contributed by atoms with van der Waals surface area (Å²) in [5, 5.41) is 12.3. The Bertz CT molecular complexity index is 867. The molecule has 0 aromatic heterocycles. The third-order valence-corrected chi connectivity index (χ3v) is 6.24. The van der Waals surface area contributed by atoms with Crippen molar-refractivity contribution in [1.29, 1.82) is 0 Å². The molecule has 0 radical (unpaired) electrons. The van der Waals surface area contributed by atoms with E-state index in [0.717, 1.165) is 36.9 Å². The summed E-state index contributed by atoms with van der Waals surface area (Å²) < 4.78 is 5.91. The number of aliphatic hydroxyl groups excluding tert-OH is 1. The predicted octanol–water partition coefficient (Wildman–Crippen LogP) is 2.29. The van der Waals surface area contributed by atoms with E-state index in [0.29, 0.717) is 44.2 Å². The zero-order valence-electron chi connectivity index (χ0n) is 20.5. The van der Waals surface area contributed by atoms with Crippen LogP contribution in [0.1, 0.15) is 64.4 Å². The molecule has 1 aliphatic heterocycles. The van der Waals surface area contributed by atoms with Gasteiger partial charge in [-0.1, -0.05) is 19.3 Å². The number of hydrogen-bond acceptors (Lipinski definition) is 7. The second-order valence-electron chi connectivity index (χ2n) is 9.39. The molecule has 1 heterocycles. The molecular formula is C25H39N5O4. The van der Waals surface area contributed by atoms with Crippen LogP contribution < -0.4 is 15.8 Å². The molecular weight excluding hydrogens is 434 g/mol. The number of hydrogen-bond donors (Lipinski definition) is 3. The average Bonchev–Trinajstić information content (AvgIpc) is 2.80. The lowest BCUT2D eigenvalue weighted by Crippen LogP contribution is -2.46. The zero-order chi connectivity index (χ0) is 24.5. The number of benzene rings is 1. The van der Waals surface area contributed by atoms with Crippen LogP contribution in [0.5, 0.6) is 5.75 Å². The van der Waals surface area contributed by atoms with Crippen LogP contribution in [-0.4, -0.2) is 71.1 Å². The van der Waals surface area contributed by atoms with Crippen molar-refractivity contribution in [2.75, 3.05) is 26.3 Å². The van der Waals surface area contributed by atoms with Crippen molar-refractivity contribution in [3.05, 3.63) is 23.8 Å². The van der Waals surface area contributed by atoms with Crippen LogP contribution in [0, 0.1) is 0 Å². The van der Waals surface area contributed by atoms with Gasteiger partial charge in [-0.05, 0) is 51.3 Å². The SMILES string of the molecule is CC(C)NC(=O)CN1Cc2cc(OCCCC(=O)N(CCO)C3CCCCC3)ccc2N=C1N. The van der Waals surface area contributed by atoms with Gasteiger partial charge in [0.1, 0.15) is 5.75 Å². The molecule has 34 heavy (non-hydrogen) atoms. The summed E-state index contributed by atoms with van der Waals surface area (Å²) in [5.41, 5.74) is 7.76. The highest BCUT2D eigenvalue weighted by molar-refractivity contribution is 5.88. The summed E-state index contributed by atoms with van der Waals surface area (Å²) in [6, 6.07) is 5.95. The van der Waals surface area contributed by atoms with E-state index in [1.165, 1.54) is 6.42 Å². The van der Waals surface area contributed by atoms with E-state index in [2.05, 4.69) is 10.3 Å². The number of aliphatic hydroxyl groups is 1. The van der Waals surface area contributed by atoms with Gasteiger partial charge in [-0.3, -0.25) is 9.59 Å². The summed E-state index contributed by atoms with van der Waals surface area (Å²) in [6.45, 7) is 5.28. The van der Waals surface area contributed by atoms with E-state index in [4.69, 9.17) is 10.5 Å². The highest BCUT2D eigenvalue weighted by Crippen LogP contribution is 2.29. The van der Waals surface area contributed by atoms with Gasteiger partial charge in [0, 0.05) is 37.2 Å². The number of rotatable bonds is 11. The third-order valence-electron chi connectivity index (χ3n) is 6.24. The van der Waals surface area contributed by atoms with Crippen molar-refractivity contribution < 1.29 is 19.4 Å². The lowest BCUT2D eigenvalue weighted by Gasteiger charge is -2.34. The van der Waals surface area contributed by atoms with Gasteiger partial charge in [-0.2, -0.15) is 0 Å². The fourth-order valence-electron chi connectivity index (χ4n) is 4.61. The highest BCUT2D eigenvalue weighted by Gasteiger charge is 2.25. The first kappa shape index (κ1) is 25.8. The molecule has 1 aromatic carbocycles. The molecule has 2 amide bonds. The second kappa shape index (κ2) is 12.6. The van der Waals surface area contributed by atoms with Crippen LogP contribution in [0.3, 0.4) is 0 Å². The Hall–Kier alpha value is -2.81. The molecule has 1 aromatic rings. The normalized spacial score (nSPS) is 16.1. The van der Waals surface area contributed by atoms with Crippen molar-refractivity contribution in [2.45, 2.75) is 77.4 Å². The molecule has 1 fully saturated rings. The number of amides is 2. The van der Waals surface area contributed by atoms with Crippen LogP contribution in [-0.2, 0) is 16.1 Å². The van der Waals surface area contributed by atoms with Crippen molar-refractivity contribution in [1.82, 2.24) is 15.1 Å². The summed E-state index contributed by atoms with van der Waals surface area (Å²) in [4.78, 5) is 32.9. The first-order valence-corrected chi connectivity index (χ1v) is 12.4. The number of nitrogens with one attached hydrogen (secondary N) is 1. The molecule has 9 nitrogen and oxygen atoms in total. The van der Waals surface area contributed by atoms with E-state index < -0.39 is 0 Å². The van der Waals surface area contributed by atoms with Gasteiger partial charge in [0.15, 0.2) is 5.96 Å². The van der Waals surface area contributed by atoms with Gasteiger partial charge in [-0.25, -0.2) is 4.99 Å². The first-order chi connectivity index (χ1) is 16.4. The molecule has 0 spiro atoms. The average molecular weight is 474 g/mol. The fraction of sp³-hybridized carbons (Fsp3) is 0.640. The van der Waals surface area contributed by atoms with Crippen molar-refractivity contribution in [3.8, 4) is 5.75 Å². The molecule has 3 rings (SSSR count). The van der Waals surface area contributed by atoms with Gasteiger partial charge in [0.05, 0.1) is 25.4 Å². The van der Waals surface area contributed by atoms with Crippen LogP contribution in [0.4, 0.5) is 5.69 Å². The largest absolute Gasteiger partial charge is 0.494 e. The minimum Gasteiger partial charge on any atom is -0.494 e. The minimum absolute atomic E-state index is 0.00297. The van der Waals surface area contributed by atoms with Gasteiger partial charge in [0.25, 0.3) is 0 Å². The number of carbonyl (C=O) groups is 2. The fourth-order valence-corrected chi connectivity index (χ4v) is 4.61. The Balaban J connectivity index is 1.49. The third kappa shape index (κ3) is 7.35. The van der Waals surface area contributed by atoms with Crippen LogP contribution in [0.15, 0.2) is 23.2 Å². The second-order valence-corrected chi connectivity index (χ2v) is 9.39. The van der Waals surface area contributed by atoms with Crippen LogP contribution in [0.25, 0.3) is 0 Å².